The van der Waals surface area contributed by atoms with Gasteiger partial charge in [0.25, 0.3) is 0 Å². The molecule has 0 saturated heterocycles. The van der Waals surface area contributed by atoms with Gasteiger partial charge in [0.1, 0.15) is 5.69 Å². The first-order chi connectivity index (χ1) is 7.77. The number of aromatic nitrogens is 1. The van der Waals surface area contributed by atoms with E-state index in [0.717, 1.165) is 4.68 Å². The van der Waals surface area contributed by atoms with Crippen molar-refractivity contribution in [2.24, 2.45) is 10.3 Å². The largest absolute Gasteiger partial charge is 0.476 e. The lowest BCUT2D eigenvalue weighted by atomic mass is 10.3. The highest BCUT2D eigenvalue weighted by atomic mass is 16.3. The zero-order valence-corrected chi connectivity index (χ0v) is 8.22. The van der Waals surface area contributed by atoms with Gasteiger partial charge in [0.2, 0.25) is 5.22 Å². The van der Waals surface area contributed by atoms with Crippen molar-refractivity contribution < 1.29 is 10.2 Å². The lowest BCUT2D eigenvalue weighted by Crippen LogP contribution is -1.85. The molecular formula is C10H9N4O2+. The molecule has 0 aliphatic carbocycles. The van der Waals surface area contributed by atoms with E-state index in [1.165, 1.54) is 12.1 Å². The molecule has 0 saturated carbocycles. The maximum absolute atomic E-state index is 9.24. The van der Waals surface area contributed by atoms with Crippen molar-refractivity contribution in [1.82, 2.24) is 9.59 Å². The number of hydrogen-bond acceptors (Lipinski definition) is 4. The average molecular weight is 217 g/mol. The lowest BCUT2D eigenvalue weighted by molar-refractivity contribution is 0.376. The van der Waals surface area contributed by atoms with Crippen LogP contribution in [-0.4, -0.2) is 14.9 Å². The summed E-state index contributed by atoms with van der Waals surface area (Å²) in [6, 6.07) is 11.6. The summed E-state index contributed by atoms with van der Waals surface area (Å²) in [5.74, 6) is -0.408. The van der Waals surface area contributed by atoms with Gasteiger partial charge in [-0.05, 0) is 16.8 Å². The van der Waals surface area contributed by atoms with Gasteiger partial charge in [-0.15, -0.1) is 0 Å². The average Bonchev–Trinajstić information content (AvgIpc) is 2.62. The molecule has 0 fully saturated rings. The van der Waals surface area contributed by atoms with Crippen LogP contribution in [-0.2, 0) is 0 Å². The van der Waals surface area contributed by atoms with Crippen LogP contribution in [0.1, 0.15) is 0 Å². The molecule has 2 aromatic rings. The van der Waals surface area contributed by atoms with Crippen LogP contribution in [0.25, 0.3) is 0 Å². The van der Waals surface area contributed by atoms with Crippen LogP contribution in [0.4, 0.5) is 5.69 Å². The number of benzene rings is 1. The SMILES string of the molecule is Oc1ccc(O)n1N=[N+]=Nc1ccccc1. The number of rotatable bonds is 2. The maximum Gasteiger partial charge on any atom is 0.312 e. The lowest BCUT2D eigenvalue weighted by Gasteiger charge is -1.82. The van der Waals surface area contributed by atoms with E-state index in [2.05, 4.69) is 15.2 Å². The van der Waals surface area contributed by atoms with E-state index < -0.39 is 0 Å². The van der Waals surface area contributed by atoms with Crippen LogP contribution in [0.2, 0.25) is 0 Å². The molecule has 1 aromatic heterocycles. The van der Waals surface area contributed by atoms with Gasteiger partial charge >= 0.3 is 11.8 Å². The Morgan fingerprint density at radius 1 is 0.938 bits per heavy atom. The summed E-state index contributed by atoms with van der Waals surface area (Å²) in [7, 11) is 0. The second kappa shape index (κ2) is 4.29. The Labute approximate surface area is 90.8 Å². The van der Waals surface area contributed by atoms with Gasteiger partial charge in [0.15, 0.2) is 0 Å². The molecule has 16 heavy (non-hydrogen) atoms. The maximum atomic E-state index is 9.24. The van der Waals surface area contributed by atoms with Crippen LogP contribution >= 0.6 is 0 Å². The molecule has 0 aliphatic rings. The van der Waals surface area contributed by atoms with Gasteiger partial charge in [-0.3, -0.25) is 0 Å². The summed E-state index contributed by atoms with van der Waals surface area (Å²) in [5.41, 5.74) is 0.636. The van der Waals surface area contributed by atoms with Gasteiger partial charge in [0, 0.05) is 17.2 Å². The number of hydrogen-bond donors (Lipinski definition) is 2. The Kier molecular flexibility index (Phi) is 2.67. The fourth-order valence-electron chi connectivity index (χ4n) is 1.11. The third-order valence-corrected chi connectivity index (χ3v) is 1.86. The van der Waals surface area contributed by atoms with Gasteiger partial charge in [-0.2, -0.15) is 0 Å². The Bertz CT molecular complexity index is 522. The third kappa shape index (κ3) is 2.08. The Hall–Kier alpha value is -2.59. The fourth-order valence-corrected chi connectivity index (χ4v) is 1.11. The molecule has 0 amide bonds. The molecule has 0 radical (unpaired) electrons. The normalized spacial score (nSPS) is 9.50. The summed E-state index contributed by atoms with van der Waals surface area (Å²) in [6.45, 7) is 0. The van der Waals surface area contributed by atoms with Crippen molar-refractivity contribution in [2.75, 3.05) is 0 Å². The minimum absolute atomic E-state index is 0.204. The van der Waals surface area contributed by atoms with Crippen LogP contribution in [0, 0.1) is 0 Å². The molecule has 2 N–H and O–H groups in total. The molecular weight excluding hydrogens is 208 g/mol. The first-order valence-electron chi connectivity index (χ1n) is 4.54. The zero-order chi connectivity index (χ0) is 11.4. The molecule has 2 rings (SSSR count). The Morgan fingerprint density at radius 2 is 1.56 bits per heavy atom. The number of nitrogens with zero attached hydrogens (tertiary/aromatic N) is 4. The van der Waals surface area contributed by atoms with E-state index in [1.54, 1.807) is 12.1 Å². The molecule has 6 heteroatoms. The second-order valence-corrected chi connectivity index (χ2v) is 2.98. The van der Waals surface area contributed by atoms with Crippen molar-refractivity contribution in [3.8, 4) is 11.8 Å². The highest BCUT2D eigenvalue weighted by molar-refractivity contribution is 5.34. The molecule has 0 unspecified atom stereocenters. The van der Waals surface area contributed by atoms with Crippen molar-refractivity contribution in [3.05, 3.63) is 42.5 Å². The van der Waals surface area contributed by atoms with Crippen molar-refractivity contribution in [3.63, 3.8) is 0 Å². The molecule has 0 spiro atoms. The monoisotopic (exact) mass is 217 g/mol. The van der Waals surface area contributed by atoms with Crippen molar-refractivity contribution in [2.45, 2.75) is 0 Å². The third-order valence-electron chi connectivity index (χ3n) is 1.86. The van der Waals surface area contributed by atoms with Crippen molar-refractivity contribution >= 4 is 5.69 Å². The Morgan fingerprint density at radius 3 is 2.19 bits per heavy atom. The van der Waals surface area contributed by atoms with Crippen LogP contribution in [0.5, 0.6) is 11.8 Å². The standard InChI is InChI=1S/C10H8N4O2/c15-9-6-7-10(16)14(9)13-12-11-8-4-2-1-3-5-8/h1-7H,(H,11,13)/p+1. The van der Waals surface area contributed by atoms with E-state index >= 15 is 0 Å². The van der Waals surface area contributed by atoms with Crippen LogP contribution in [0.15, 0.2) is 52.8 Å². The van der Waals surface area contributed by atoms with Crippen LogP contribution in [0.3, 0.4) is 0 Å². The summed E-state index contributed by atoms with van der Waals surface area (Å²) < 4.78 is 0.868. The minimum atomic E-state index is -0.204. The quantitative estimate of drug-likeness (QED) is 0.595. The highest BCUT2D eigenvalue weighted by Crippen LogP contribution is 2.19. The van der Waals surface area contributed by atoms with E-state index in [4.69, 9.17) is 0 Å². The topological polar surface area (TPSA) is 84.2 Å². The minimum Gasteiger partial charge on any atom is -0.476 e. The predicted octanol–water partition coefficient (Wildman–Crippen LogP) is 1.97. The fraction of sp³-hybridized carbons (Fsp3) is 0. The molecule has 0 aliphatic heterocycles. The molecule has 80 valence electrons. The van der Waals surface area contributed by atoms with E-state index in [9.17, 15) is 10.2 Å². The molecule has 6 nitrogen and oxygen atoms in total. The first-order valence-corrected chi connectivity index (χ1v) is 4.54. The predicted molar refractivity (Wildman–Crippen MR) is 56.3 cm³/mol. The number of aromatic hydroxyl groups is 2. The summed E-state index contributed by atoms with van der Waals surface area (Å²) in [4.78, 5) is 3.50. The van der Waals surface area contributed by atoms with Crippen molar-refractivity contribution in [1.29, 1.82) is 0 Å². The first kappa shape index (κ1) is 9.95. The van der Waals surface area contributed by atoms with E-state index in [0.29, 0.717) is 5.69 Å². The molecule has 0 atom stereocenters. The van der Waals surface area contributed by atoms with E-state index in [1.807, 2.05) is 18.2 Å². The molecule has 1 aromatic carbocycles. The van der Waals surface area contributed by atoms with Gasteiger partial charge in [-0.25, -0.2) is 0 Å². The molecule has 1 heterocycles. The van der Waals surface area contributed by atoms with Gasteiger partial charge < -0.3 is 10.2 Å². The Balaban J connectivity index is 2.25. The summed E-state index contributed by atoms with van der Waals surface area (Å²) in [5, 5.41) is 25.8. The van der Waals surface area contributed by atoms with Gasteiger partial charge in [0.05, 0.1) is 4.91 Å². The van der Waals surface area contributed by atoms with Gasteiger partial charge in [-0.1, -0.05) is 18.2 Å². The van der Waals surface area contributed by atoms with E-state index in [-0.39, 0.29) is 11.8 Å². The smallest absolute Gasteiger partial charge is 0.312 e. The molecule has 0 bridgehead atoms. The van der Waals surface area contributed by atoms with Crippen LogP contribution < -0.4 is 4.91 Å². The highest BCUT2D eigenvalue weighted by Gasteiger charge is 2.12. The second-order valence-electron chi connectivity index (χ2n) is 2.98. The summed E-state index contributed by atoms with van der Waals surface area (Å²) >= 11 is 0. The zero-order valence-electron chi connectivity index (χ0n) is 8.22. The summed E-state index contributed by atoms with van der Waals surface area (Å²) in [6.07, 6.45) is 0.